The zero-order valence-corrected chi connectivity index (χ0v) is 12.1. The van der Waals surface area contributed by atoms with Gasteiger partial charge in [0.2, 0.25) is 0 Å². The van der Waals surface area contributed by atoms with E-state index in [-0.39, 0.29) is 0 Å². The molecule has 0 radical (unpaired) electrons. The quantitative estimate of drug-likeness (QED) is 0.781. The van der Waals surface area contributed by atoms with Crippen molar-refractivity contribution in [3.8, 4) is 0 Å². The van der Waals surface area contributed by atoms with Gasteiger partial charge in [0.05, 0.1) is 15.9 Å². The Kier molecular flexibility index (Phi) is 6.06. The first kappa shape index (κ1) is 13.7. The molecular formula is C12H22BrN3. The van der Waals surface area contributed by atoms with Gasteiger partial charge in [0, 0.05) is 13.1 Å². The molecule has 3 nitrogen and oxygen atoms in total. The minimum atomic E-state index is 0.904. The first-order chi connectivity index (χ1) is 7.74. The summed E-state index contributed by atoms with van der Waals surface area (Å²) in [7, 11) is 0. The molecule has 0 aromatic carbocycles. The lowest BCUT2D eigenvalue weighted by Crippen LogP contribution is -2.17. The normalized spacial score (nSPS) is 11.0. The minimum absolute atomic E-state index is 0.904. The first-order valence-electron chi connectivity index (χ1n) is 6.19. The monoisotopic (exact) mass is 287 g/mol. The number of unbranched alkanes of at least 4 members (excludes halogenated alkanes) is 1. The average molecular weight is 288 g/mol. The lowest BCUT2D eigenvalue weighted by atomic mass is 10.3. The summed E-state index contributed by atoms with van der Waals surface area (Å²) in [6.07, 6.45) is 3.45. The lowest BCUT2D eigenvalue weighted by molar-refractivity contribution is 0.567. The summed E-state index contributed by atoms with van der Waals surface area (Å²) in [6, 6.07) is 0. The molecule has 0 aliphatic heterocycles. The van der Waals surface area contributed by atoms with Crippen LogP contribution in [0.15, 0.2) is 4.47 Å². The number of aryl methyl sites for hydroxylation is 2. The summed E-state index contributed by atoms with van der Waals surface area (Å²) >= 11 is 3.65. The molecule has 1 rings (SSSR count). The van der Waals surface area contributed by atoms with Gasteiger partial charge in [0.25, 0.3) is 0 Å². The molecule has 0 atom stereocenters. The van der Waals surface area contributed by atoms with Crippen LogP contribution in [0.25, 0.3) is 0 Å². The van der Waals surface area contributed by atoms with Crippen LogP contribution in [-0.4, -0.2) is 16.3 Å². The van der Waals surface area contributed by atoms with E-state index in [1.807, 2.05) is 0 Å². The van der Waals surface area contributed by atoms with E-state index in [1.54, 1.807) is 0 Å². The Bertz CT molecular complexity index is 320. The molecule has 16 heavy (non-hydrogen) atoms. The smallest absolute Gasteiger partial charge is 0.0767 e. The molecule has 0 saturated heterocycles. The fraction of sp³-hybridized carbons (Fsp3) is 0.750. The van der Waals surface area contributed by atoms with Crippen molar-refractivity contribution in [2.75, 3.05) is 6.54 Å². The standard InChI is InChI=1S/C12H22BrN3/c1-4-7-8-14-9-11-12(13)10(5-2)15-16(11)6-3/h14H,4-9H2,1-3H3. The molecule has 1 aromatic heterocycles. The number of aromatic nitrogens is 2. The third-order valence-corrected chi connectivity index (χ3v) is 3.61. The molecule has 0 saturated carbocycles. The summed E-state index contributed by atoms with van der Waals surface area (Å²) in [5, 5.41) is 8.04. The maximum atomic E-state index is 4.58. The summed E-state index contributed by atoms with van der Waals surface area (Å²) < 4.78 is 3.27. The Morgan fingerprint density at radius 3 is 2.62 bits per heavy atom. The fourth-order valence-corrected chi connectivity index (χ4v) is 2.40. The van der Waals surface area contributed by atoms with Crippen molar-refractivity contribution >= 4 is 15.9 Å². The number of hydrogen-bond acceptors (Lipinski definition) is 2. The van der Waals surface area contributed by atoms with Gasteiger partial charge in [-0.05, 0) is 42.2 Å². The molecule has 0 spiro atoms. The third-order valence-electron chi connectivity index (χ3n) is 2.69. The molecule has 1 N–H and O–H groups in total. The number of nitrogens with zero attached hydrogens (tertiary/aromatic N) is 2. The minimum Gasteiger partial charge on any atom is -0.311 e. The van der Waals surface area contributed by atoms with Crippen molar-refractivity contribution in [2.24, 2.45) is 0 Å². The van der Waals surface area contributed by atoms with Crippen LogP contribution >= 0.6 is 15.9 Å². The van der Waals surface area contributed by atoms with Crippen LogP contribution in [0.5, 0.6) is 0 Å². The van der Waals surface area contributed by atoms with E-state index >= 15 is 0 Å². The van der Waals surface area contributed by atoms with Crippen LogP contribution in [0.2, 0.25) is 0 Å². The first-order valence-corrected chi connectivity index (χ1v) is 6.98. The van der Waals surface area contributed by atoms with Crippen LogP contribution in [0.1, 0.15) is 45.0 Å². The summed E-state index contributed by atoms with van der Waals surface area (Å²) in [5.74, 6) is 0. The molecule has 0 aliphatic carbocycles. The highest BCUT2D eigenvalue weighted by atomic mass is 79.9. The van der Waals surface area contributed by atoms with Gasteiger partial charge in [-0.2, -0.15) is 5.10 Å². The van der Waals surface area contributed by atoms with Gasteiger partial charge in [-0.25, -0.2) is 0 Å². The zero-order valence-electron chi connectivity index (χ0n) is 10.5. The van der Waals surface area contributed by atoms with E-state index in [0.29, 0.717) is 0 Å². The Labute approximate surface area is 107 Å². The predicted molar refractivity (Wildman–Crippen MR) is 71.6 cm³/mol. The van der Waals surface area contributed by atoms with Gasteiger partial charge in [0.1, 0.15) is 0 Å². The lowest BCUT2D eigenvalue weighted by Gasteiger charge is -2.06. The van der Waals surface area contributed by atoms with Gasteiger partial charge in [-0.3, -0.25) is 4.68 Å². The van der Waals surface area contributed by atoms with Crippen molar-refractivity contribution in [1.29, 1.82) is 0 Å². The van der Waals surface area contributed by atoms with Crippen molar-refractivity contribution in [3.63, 3.8) is 0 Å². The van der Waals surface area contributed by atoms with Crippen molar-refractivity contribution < 1.29 is 0 Å². The second-order valence-electron chi connectivity index (χ2n) is 3.91. The maximum absolute atomic E-state index is 4.58. The summed E-state index contributed by atoms with van der Waals surface area (Å²) in [5.41, 5.74) is 2.43. The van der Waals surface area contributed by atoms with Crippen molar-refractivity contribution in [3.05, 3.63) is 15.9 Å². The van der Waals surface area contributed by atoms with Crippen LogP contribution in [0, 0.1) is 0 Å². The van der Waals surface area contributed by atoms with E-state index in [9.17, 15) is 0 Å². The highest BCUT2D eigenvalue weighted by molar-refractivity contribution is 9.10. The molecule has 1 heterocycles. The topological polar surface area (TPSA) is 29.9 Å². The van der Waals surface area contributed by atoms with E-state index in [0.717, 1.165) is 31.7 Å². The highest BCUT2D eigenvalue weighted by Gasteiger charge is 2.12. The second-order valence-corrected chi connectivity index (χ2v) is 4.70. The van der Waals surface area contributed by atoms with Gasteiger partial charge >= 0.3 is 0 Å². The van der Waals surface area contributed by atoms with E-state index in [1.165, 1.54) is 23.0 Å². The molecule has 4 heteroatoms. The third kappa shape index (κ3) is 3.32. The molecule has 0 bridgehead atoms. The molecule has 1 aromatic rings. The predicted octanol–water partition coefficient (Wildman–Crippen LogP) is 3.12. The van der Waals surface area contributed by atoms with Crippen LogP contribution < -0.4 is 5.32 Å². The fourth-order valence-electron chi connectivity index (χ4n) is 1.69. The molecule has 0 aliphatic rings. The number of rotatable bonds is 7. The second kappa shape index (κ2) is 7.07. The average Bonchev–Trinajstić information content (AvgIpc) is 2.61. The molecular weight excluding hydrogens is 266 g/mol. The molecule has 0 fully saturated rings. The van der Waals surface area contributed by atoms with E-state index in [4.69, 9.17) is 0 Å². The van der Waals surface area contributed by atoms with E-state index < -0.39 is 0 Å². The Morgan fingerprint density at radius 1 is 1.31 bits per heavy atom. The highest BCUT2D eigenvalue weighted by Crippen LogP contribution is 2.22. The van der Waals surface area contributed by atoms with Crippen molar-refractivity contribution in [1.82, 2.24) is 15.1 Å². The van der Waals surface area contributed by atoms with Crippen LogP contribution in [-0.2, 0) is 19.5 Å². The SMILES string of the molecule is CCCCNCc1c(Br)c(CC)nn1CC. The number of halogens is 1. The summed E-state index contributed by atoms with van der Waals surface area (Å²) in [6.45, 7) is 9.41. The van der Waals surface area contributed by atoms with Gasteiger partial charge < -0.3 is 5.32 Å². The Hall–Kier alpha value is -0.350. The summed E-state index contributed by atoms with van der Waals surface area (Å²) in [4.78, 5) is 0. The maximum Gasteiger partial charge on any atom is 0.0767 e. The Morgan fingerprint density at radius 2 is 2.06 bits per heavy atom. The van der Waals surface area contributed by atoms with Crippen LogP contribution in [0.3, 0.4) is 0 Å². The molecule has 0 unspecified atom stereocenters. The molecule has 92 valence electrons. The van der Waals surface area contributed by atoms with Crippen LogP contribution in [0.4, 0.5) is 0 Å². The largest absolute Gasteiger partial charge is 0.311 e. The van der Waals surface area contributed by atoms with Gasteiger partial charge in [-0.1, -0.05) is 20.3 Å². The van der Waals surface area contributed by atoms with Crippen molar-refractivity contribution in [2.45, 2.75) is 53.1 Å². The zero-order chi connectivity index (χ0) is 12.0. The number of nitrogens with one attached hydrogen (secondary N) is 1. The van der Waals surface area contributed by atoms with Gasteiger partial charge in [0.15, 0.2) is 0 Å². The Balaban J connectivity index is 2.65. The molecule has 0 amide bonds. The van der Waals surface area contributed by atoms with Gasteiger partial charge in [-0.15, -0.1) is 0 Å². The number of hydrogen-bond donors (Lipinski definition) is 1. The van der Waals surface area contributed by atoms with E-state index in [2.05, 4.69) is 51.8 Å².